The third-order valence-electron chi connectivity index (χ3n) is 1.84. The highest BCUT2D eigenvalue weighted by Crippen LogP contribution is 2.26. The number of hydrogen-bond acceptors (Lipinski definition) is 2. The second-order valence-electron chi connectivity index (χ2n) is 3.17. The minimum Gasteiger partial charge on any atom is -0.223 e. The lowest BCUT2D eigenvalue weighted by Crippen LogP contribution is -2.13. The van der Waals surface area contributed by atoms with E-state index in [0.717, 1.165) is 0 Å². The minimum absolute atomic E-state index is 0. The van der Waals surface area contributed by atoms with Gasteiger partial charge in [-0.15, -0.1) is 0 Å². The zero-order chi connectivity index (χ0) is 10.9. The van der Waals surface area contributed by atoms with Gasteiger partial charge in [-0.25, -0.2) is 8.42 Å². The van der Waals surface area contributed by atoms with Crippen LogP contribution in [-0.2, 0) is 9.84 Å². The Morgan fingerprint density at radius 3 is 2.27 bits per heavy atom. The van der Waals surface area contributed by atoms with E-state index in [1.165, 1.54) is 6.07 Å². The molecular weight excluding hydrogens is 300 g/mol. The summed E-state index contributed by atoms with van der Waals surface area (Å²) in [6, 6.07) is 4.64. The Balaban J connectivity index is 0.00000196. The molecule has 0 aliphatic rings. The van der Waals surface area contributed by atoms with Crippen molar-refractivity contribution in [2.24, 2.45) is 0 Å². The number of halogens is 2. The van der Waals surface area contributed by atoms with Gasteiger partial charge in [0.2, 0.25) is 0 Å². The lowest BCUT2D eigenvalue weighted by atomic mass is 10.4. The monoisotopic (exact) mass is 312 g/mol. The van der Waals surface area contributed by atoms with Crippen LogP contribution >= 0.6 is 27.5 Å². The Morgan fingerprint density at radius 1 is 1.33 bits per heavy atom. The molecule has 0 unspecified atom stereocenters. The van der Waals surface area contributed by atoms with Crippen molar-refractivity contribution in [3.63, 3.8) is 0 Å². The van der Waals surface area contributed by atoms with E-state index in [9.17, 15) is 8.42 Å². The lowest BCUT2D eigenvalue weighted by Gasteiger charge is -2.08. The second kappa shape index (κ2) is 5.32. The van der Waals surface area contributed by atoms with Gasteiger partial charge in [-0.3, -0.25) is 0 Å². The van der Waals surface area contributed by atoms with Gasteiger partial charge in [-0.1, -0.05) is 19.0 Å². The van der Waals surface area contributed by atoms with Crippen LogP contribution in [-0.4, -0.2) is 13.7 Å². The molecule has 0 spiro atoms. The predicted octanol–water partition coefficient (Wildman–Crippen LogP) is 3.92. The van der Waals surface area contributed by atoms with E-state index in [2.05, 4.69) is 15.9 Å². The van der Waals surface area contributed by atoms with Crippen molar-refractivity contribution in [3.05, 3.63) is 27.7 Å². The average molecular weight is 314 g/mol. The molecule has 0 aromatic heterocycles. The molecule has 0 bridgehead atoms. The molecule has 0 saturated heterocycles. The van der Waals surface area contributed by atoms with E-state index in [0.29, 0.717) is 9.50 Å². The van der Waals surface area contributed by atoms with Crippen molar-refractivity contribution in [3.8, 4) is 0 Å². The first-order valence-corrected chi connectivity index (χ1v) is 6.76. The minimum atomic E-state index is -3.22. The zero-order valence-corrected chi connectivity index (χ0v) is 10.9. The molecule has 0 N–H and O–H groups in total. The Kier molecular flexibility index (Phi) is 5.30. The average Bonchev–Trinajstić information content (AvgIpc) is 2.09. The molecule has 0 saturated carbocycles. The molecular formula is C10H14BrClO2S. The van der Waals surface area contributed by atoms with E-state index < -0.39 is 15.1 Å². The van der Waals surface area contributed by atoms with Gasteiger partial charge >= 0.3 is 0 Å². The van der Waals surface area contributed by atoms with E-state index in [4.69, 9.17) is 11.6 Å². The number of benzene rings is 1. The molecule has 86 valence electrons. The van der Waals surface area contributed by atoms with Gasteiger partial charge in [0.15, 0.2) is 9.84 Å². The first kappa shape index (κ1) is 14.9. The lowest BCUT2D eigenvalue weighted by molar-refractivity contribution is 0.587. The smallest absolute Gasteiger partial charge is 0.180 e. The molecule has 5 heteroatoms. The molecule has 1 aromatic carbocycles. The molecule has 15 heavy (non-hydrogen) atoms. The van der Waals surface area contributed by atoms with Crippen LogP contribution in [0.4, 0.5) is 0 Å². The normalized spacial score (nSPS) is 11.3. The van der Waals surface area contributed by atoms with Crippen LogP contribution in [0.15, 0.2) is 27.6 Å². The number of hydrogen-bond donors (Lipinski definition) is 0. The van der Waals surface area contributed by atoms with Crippen LogP contribution in [0.5, 0.6) is 0 Å². The second-order valence-corrected chi connectivity index (χ2v) is 6.94. The molecule has 0 amide bonds. The summed E-state index contributed by atoms with van der Waals surface area (Å²) in [5.41, 5.74) is 0. The topological polar surface area (TPSA) is 34.1 Å². The van der Waals surface area contributed by atoms with E-state index >= 15 is 0 Å². The van der Waals surface area contributed by atoms with Gasteiger partial charge in [0.05, 0.1) is 15.2 Å². The first-order valence-electron chi connectivity index (χ1n) is 4.04. The fourth-order valence-corrected chi connectivity index (χ4v) is 2.50. The molecule has 1 aromatic rings. The maximum atomic E-state index is 11.7. The molecule has 2 nitrogen and oxygen atoms in total. The summed E-state index contributed by atoms with van der Waals surface area (Å²) in [6.07, 6.45) is 0. The van der Waals surface area contributed by atoms with E-state index in [1.807, 2.05) is 0 Å². The van der Waals surface area contributed by atoms with Crippen molar-refractivity contribution in [2.75, 3.05) is 0 Å². The van der Waals surface area contributed by atoms with Gasteiger partial charge in [0.25, 0.3) is 0 Å². The summed E-state index contributed by atoms with van der Waals surface area (Å²) in [4.78, 5) is 0.265. The quantitative estimate of drug-likeness (QED) is 0.829. The summed E-state index contributed by atoms with van der Waals surface area (Å²) >= 11 is 9.02. The highest BCUT2D eigenvalue weighted by molar-refractivity contribution is 9.10. The zero-order valence-electron chi connectivity index (χ0n) is 7.79. The van der Waals surface area contributed by atoms with Crippen LogP contribution in [0.3, 0.4) is 0 Å². The van der Waals surface area contributed by atoms with Crippen LogP contribution in [0.1, 0.15) is 21.3 Å². The van der Waals surface area contributed by atoms with Gasteiger partial charge in [-0.05, 0) is 48.0 Å². The predicted molar refractivity (Wildman–Crippen MR) is 68.2 cm³/mol. The highest BCUT2D eigenvalue weighted by atomic mass is 79.9. The molecule has 0 aliphatic heterocycles. The van der Waals surface area contributed by atoms with Crippen molar-refractivity contribution in [1.82, 2.24) is 0 Å². The maximum Gasteiger partial charge on any atom is 0.180 e. The summed E-state index contributed by atoms with van der Waals surface area (Å²) in [6.45, 7) is 3.29. The van der Waals surface area contributed by atoms with Gasteiger partial charge in [0.1, 0.15) is 0 Å². The summed E-state index contributed by atoms with van der Waals surface area (Å²) in [7, 11) is -3.22. The maximum absolute atomic E-state index is 11.7. The Labute approximate surface area is 105 Å². The van der Waals surface area contributed by atoms with E-state index in [-0.39, 0.29) is 12.3 Å². The molecule has 0 fully saturated rings. The Bertz CT molecular complexity index is 441. The fraction of sp³-hybridized carbons (Fsp3) is 0.400. The summed E-state index contributed by atoms with van der Waals surface area (Å²) in [5, 5.41) is -0.0218. The van der Waals surface area contributed by atoms with E-state index in [1.54, 1.807) is 26.0 Å². The standard InChI is InChI=1S/C9H10BrClO2S.CH4/c1-6(2)14(12,13)7-3-4-8(10)9(11)5-7;/h3-6H,1-2H3;1H4. The fourth-order valence-electron chi connectivity index (χ4n) is 0.926. The van der Waals surface area contributed by atoms with Crippen LogP contribution < -0.4 is 0 Å². The summed E-state index contributed by atoms with van der Waals surface area (Å²) in [5.74, 6) is 0. The van der Waals surface area contributed by atoms with Crippen molar-refractivity contribution in [1.29, 1.82) is 0 Å². The molecule has 0 radical (unpaired) electrons. The molecule has 1 rings (SSSR count). The third kappa shape index (κ3) is 3.20. The largest absolute Gasteiger partial charge is 0.223 e. The van der Waals surface area contributed by atoms with Gasteiger partial charge in [-0.2, -0.15) is 0 Å². The first-order chi connectivity index (χ1) is 6.35. The van der Waals surface area contributed by atoms with Crippen LogP contribution in [0.25, 0.3) is 0 Å². The summed E-state index contributed by atoms with van der Waals surface area (Å²) < 4.78 is 24.1. The highest BCUT2D eigenvalue weighted by Gasteiger charge is 2.19. The van der Waals surface area contributed by atoms with Crippen molar-refractivity contribution in [2.45, 2.75) is 31.4 Å². The Morgan fingerprint density at radius 2 is 1.87 bits per heavy atom. The Hall–Kier alpha value is -0.0600. The van der Waals surface area contributed by atoms with Gasteiger partial charge < -0.3 is 0 Å². The number of rotatable bonds is 2. The molecule has 0 heterocycles. The van der Waals surface area contributed by atoms with Crippen LogP contribution in [0.2, 0.25) is 5.02 Å². The molecule has 0 atom stereocenters. The van der Waals surface area contributed by atoms with Gasteiger partial charge in [0, 0.05) is 4.47 Å². The SMILES string of the molecule is C.CC(C)S(=O)(=O)c1ccc(Br)c(Cl)c1. The molecule has 0 aliphatic carbocycles. The third-order valence-corrected chi connectivity index (χ3v) is 5.22. The van der Waals surface area contributed by atoms with Crippen molar-refractivity contribution >= 4 is 37.4 Å². The van der Waals surface area contributed by atoms with Crippen LogP contribution in [0, 0.1) is 0 Å². The number of sulfone groups is 1. The van der Waals surface area contributed by atoms with Crippen molar-refractivity contribution < 1.29 is 8.42 Å².